The molecule has 10 nitrogen and oxygen atoms in total. The number of hydrogen-bond donors (Lipinski definition) is 4. The molecular formula is C36H38Br2N6O4. The summed E-state index contributed by atoms with van der Waals surface area (Å²) in [6.45, 7) is 2.56. The zero-order chi connectivity index (χ0) is 33.6. The van der Waals surface area contributed by atoms with Crippen molar-refractivity contribution < 1.29 is 19.1 Å². The van der Waals surface area contributed by atoms with E-state index in [4.69, 9.17) is 19.4 Å². The van der Waals surface area contributed by atoms with E-state index in [1.54, 1.807) is 14.2 Å². The minimum Gasteiger partial charge on any atom is -0.481 e. The molecule has 2 atom stereocenters. The van der Waals surface area contributed by atoms with Crippen LogP contribution in [0.3, 0.4) is 0 Å². The summed E-state index contributed by atoms with van der Waals surface area (Å²) in [6.07, 6.45) is 2.87. The van der Waals surface area contributed by atoms with Gasteiger partial charge in [-0.2, -0.15) is 0 Å². The van der Waals surface area contributed by atoms with Crippen molar-refractivity contribution in [3.05, 3.63) is 80.7 Å². The number of aromatic nitrogens is 2. The van der Waals surface area contributed by atoms with Crippen molar-refractivity contribution in [1.29, 1.82) is 0 Å². The van der Waals surface area contributed by atoms with Gasteiger partial charge >= 0.3 is 0 Å². The van der Waals surface area contributed by atoms with Gasteiger partial charge in [0.05, 0.1) is 25.6 Å². The lowest BCUT2D eigenvalue weighted by molar-refractivity contribution is -0.120. The predicted molar refractivity (Wildman–Crippen MR) is 193 cm³/mol. The van der Waals surface area contributed by atoms with Gasteiger partial charge < -0.3 is 30.7 Å². The van der Waals surface area contributed by atoms with Crippen LogP contribution in [0.15, 0.2) is 69.6 Å². The van der Waals surface area contributed by atoms with Gasteiger partial charge in [-0.05, 0) is 68.0 Å². The molecule has 48 heavy (non-hydrogen) atoms. The molecule has 2 amide bonds. The van der Waals surface area contributed by atoms with Gasteiger partial charge in [-0.1, -0.05) is 48.5 Å². The standard InChI is InChI=1S/C36H38Br2N6O4/c1-47-35-21(17-39-19-23-11-15-31(45)41-23)9-13-29(43-35)27-7-3-5-25(33(27)37)26-6-4-8-28(34(26)38)30-14-10-22(36(44-30)48-2)18-40-20-24-12-16-32(46)42-24/h3-10,13-14,23-24,39-40H,11-12,15-20H2,1-2H3,(H,41,45)(H,42,46)/t23-,24-/m0/s1. The highest BCUT2D eigenvalue weighted by atomic mass is 79.9. The van der Waals surface area contributed by atoms with E-state index in [9.17, 15) is 9.59 Å². The van der Waals surface area contributed by atoms with Crippen LogP contribution in [-0.4, -0.2) is 61.2 Å². The van der Waals surface area contributed by atoms with E-state index < -0.39 is 0 Å². The Bertz CT molecular complexity index is 1690. The Labute approximate surface area is 297 Å². The highest BCUT2D eigenvalue weighted by Gasteiger charge is 2.22. The zero-order valence-corrected chi connectivity index (χ0v) is 30.0. The summed E-state index contributed by atoms with van der Waals surface area (Å²) in [5, 5.41) is 12.8. The molecule has 250 valence electrons. The second-order valence-corrected chi connectivity index (χ2v) is 13.5. The van der Waals surface area contributed by atoms with E-state index >= 15 is 0 Å². The van der Waals surface area contributed by atoms with Gasteiger partial charge in [0.15, 0.2) is 0 Å². The Morgan fingerprint density at radius 1 is 0.667 bits per heavy atom. The molecule has 4 aromatic rings. The van der Waals surface area contributed by atoms with E-state index in [-0.39, 0.29) is 23.9 Å². The van der Waals surface area contributed by atoms with Crippen LogP contribution in [0.5, 0.6) is 11.8 Å². The molecule has 0 spiro atoms. The molecule has 2 aromatic carbocycles. The van der Waals surface area contributed by atoms with Gasteiger partial charge in [-0.25, -0.2) is 9.97 Å². The van der Waals surface area contributed by atoms with Crippen LogP contribution in [0.1, 0.15) is 36.8 Å². The fourth-order valence-corrected chi connectivity index (χ4v) is 7.52. The molecule has 2 aliphatic rings. The maximum atomic E-state index is 11.5. The average molecular weight is 779 g/mol. The Morgan fingerprint density at radius 2 is 1.08 bits per heavy atom. The molecule has 0 unspecified atom stereocenters. The summed E-state index contributed by atoms with van der Waals surface area (Å²) in [5.74, 6) is 1.33. The number of amides is 2. The quantitative estimate of drug-likeness (QED) is 0.135. The van der Waals surface area contributed by atoms with E-state index in [1.165, 1.54) is 0 Å². The first-order chi connectivity index (χ1) is 23.3. The van der Waals surface area contributed by atoms with Crippen LogP contribution in [0, 0.1) is 0 Å². The summed E-state index contributed by atoms with van der Waals surface area (Å²) in [4.78, 5) is 32.7. The first kappa shape index (κ1) is 34.0. The number of ether oxygens (including phenoxy) is 2. The van der Waals surface area contributed by atoms with Crippen molar-refractivity contribution >= 4 is 43.7 Å². The van der Waals surface area contributed by atoms with Crippen LogP contribution in [0.25, 0.3) is 33.6 Å². The number of carbonyl (C=O) groups excluding carboxylic acids is 2. The Balaban J connectivity index is 1.20. The summed E-state index contributed by atoms with van der Waals surface area (Å²) in [6, 6.07) is 20.6. The second kappa shape index (κ2) is 15.6. The highest BCUT2D eigenvalue weighted by molar-refractivity contribution is 9.11. The third-order valence-electron chi connectivity index (χ3n) is 8.69. The maximum absolute atomic E-state index is 11.5. The minimum absolute atomic E-state index is 0.112. The van der Waals surface area contributed by atoms with E-state index in [2.05, 4.69) is 65.3 Å². The van der Waals surface area contributed by atoms with Crippen molar-refractivity contribution in [2.24, 2.45) is 0 Å². The number of pyridine rings is 2. The number of halogens is 2. The lowest BCUT2D eigenvalue weighted by Crippen LogP contribution is -2.35. The number of nitrogens with one attached hydrogen (secondary N) is 4. The molecule has 4 N–H and O–H groups in total. The smallest absolute Gasteiger partial charge is 0.220 e. The van der Waals surface area contributed by atoms with Crippen molar-refractivity contribution in [3.63, 3.8) is 0 Å². The zero-order valence-electron chi connectivity index (χ0n) is 26.9. The minimum atomic E-state index is 0.112. The molecule has 12 heteroatoms. The van der Waals surface area contributed by atoms with Gasteiger partial charge in [0.2, 0.25) is 23.6 Å². The summed E-state index contributed by atoms with van der Waals surface area (Å²) < 4.78 is 13.2. The molecule has 0 aliphatic carbocycles. The number of benzene rings is 2. The molecular weight excluding hydrogens is 740 g/mol. The number of rotatable bonds is 13. The molecule has 0 saturated carbocycles. The topological polar surface area (TPSA) is 126 Å². The lowest BCUT2D eigenvalue weighted by Gasteiger charge is -2.16. The molecule has 6 rings (SSSR count). The summed E-state index contributed by atoms with van der Waals surface area (Å²) >= 11 is 7.78. The Hall–Kier alpha value is -3.84. The summed E-state index contributed by atoms with van der Waals surface area (Å²) in [7, 11) is 3.26. The third kappa shape index (κ3) is 7.72. The number of carbonyl (C=O) groups is 2. The van der Waals surface area contributed by atoms with E-state index in [0.29, 0.717) is 50.8 Å². The van der Waals surface area contributed by atoms with E-state index in [1.807, 2.05) is 48.5 Å². The van der Waals surface area contributed by atoms with Gasteiger partial charge in [-0.3, -0.25) is 9.59 Å². The largest absolute Gasteiger partial charge is 0.481 e. The van der Waals surface area contributed by atoms with Crippen LogP contribution in [0.4, 0.5) is 0 Å². The monoisotopic (exact) mass is 776 g/mol. The van der Waals surface area contributed by atoms with Crippen molar-refractivity contribution in [1.82, 2.24) is 31.2 Å². The number of hydrogen-bond acceptors (Lipinski definition) is 8. The molecule has 2 saturated heterocycles. The third-order valence-corrected chi connectivity index (χ3v) is 10.4. The maximum Gasteiger partial charge on any atom is 0.220 e. The fourth-order valence-electron chi connectivity index (χ4n) is 6.16. The number of methoxy groups -OCH3 is 2. The lowest BCUT2D eigenvalue weighted by atomic mass is 9.98. The summed E-state index contributed by atoms with van der Waals surface area (Å²) in [5.41, 5.74) is 7.32. The normalized spacial score (nSPS) is 17.3. The fraction of sp³-hybridized carbons (Fsp3) is 0.333. The molecule has 2 fully saturated rings. The molecule has 2 aliphatic heterocycles. The van der Waals surface area contributed by atoms with Gasteiger partial charge in [-0.15, -0.1) is 0 Å². The van der Waals surface area contributed by atoms with Crippen LogP contribution >= 0.6 is 31.9 Å². The molecule has 0 radical (unpaired) electrons. The average Bonchev–Trinajstić information content (AvgIpc) is 3.72. The first-order valence-corrected chi connectivity index (χ1v) is 17.6. The van der Waals surface area contributed by atoms with E-state index in [0.717, 1.165) is 66.6 Å². The SMILES string of the molecule is COc1nc(-c2cccc(-c3cccc(-c4ccc(CNC[C@@H]5CCC(=O)N5)c(OC)n4)c3Br)c2Br)ccc1CNC[C@@H]1CCC(=O)N1. The van der Waals surface area contributed by atoms with Crippen molar-refractivity contribution in [2.75, 3.05) is 27.3 Å². The van der Waals surface area contributed by atoms with Crippen LogP contribution in [0.2, 0.25) is 0 Å². The first-order valence-electron chi connectivity index (χ1n) is 16.0. The van der Waals surface area contributed by atoms with Gasteiger partial charge in [0.1, 0.15) is 0 Å². The van der Waals surface area contributed by atoms with Gasteiger partial charge in [0, 0.05) is 82.3 Å². The Morgan fingerprint density at radius 3 is 1.46 bits per heavy atom. The number of nitrogens with zero attached hydrogens (tertiary/aromatic N) is 2. The Kier molecular flexibility index (Phi) is 11.1. The molecule has 0 bridgehead atoms. The molecule has 4 heterocycles. The predicted octanol–water partition coefficient (Wildman–Crippen LogP) is 5.76. The highest BCUT2D eigenvalue weighted by Crippen LogP contribution is 2.42. The second-order valence-electron chi connectivity index (χ2n) is 11.9. The van der Waals surface area contributed by atoms with Crippen molar-refractivity contribution in [3.8, 4) is 45.4 Å². The van der Waals surface area contributed by atoms with Gasteiger partial charge in [0.25, 0.3) is 0 Å². The van der Waals surface area contributed by atoms with Crippen LogP contribution in [-0.2, 0) is 22.7 Å². The van der Waals surface area contributed by atoms with Crippen molar-refractivity contribution in [2.45, 2.75) is 50.9 Å². The molecule has 2 aromatic heterocycles. The van der Waals surface area contributed by atoms with Crippen LogP contribution < -0.4 is 30.7 Å².